The van der Waals surface area contributed by atoms with Crippen molar-refractivity contribution in [2.24, 2.45) is 0 Å². The van der Waals surface area contributed by atoms with E-state index in [0.717, 1.165) is 19.4 Å². The van der Waals surface area contributed by atoms with Gasteiger partial charge in [0, 0.05) is 6.54 Å². The third kappa shape index (κ3) is 5.58. The summed E-state index contributed by atoms with van der Waals surface area (Å²) < 4.78 is 0. The molecule has 0 atom stereocenters. The lowest BCUT2D eigenvalue weighted by molar-refractivity contribution is 0.413. The van der Waals surface area contributed by atoms with Crippen LogP contribution in [0.3, 0.4) is 0 Å². The van der Waals surface area contributed by atoms with E-state index in [2.05, 4.69) is 52.4 Å². The molecule has 0 aliphatic carbocycles. The normalized spacial score (nSPS) is 11.7. The molecule has 0 radical (unpaired) electrons. The van der Waals surface area contributed by atoms with Crippen LogP contribution in [0.15, 0.2) is 35.5 Å². The van der Waals surface area contributed by atoms with Crippen LogP contribution in [-0.2, 0) is 0 Å². The van der Waals surface area contributed by atoms with Crippen LogP contribution in [0.4, 0.5) is 0 Å². The fraction of sp³-hybridized carbons (Fsp3) is 0.571. The van der Waals surface area contributed by atoms with Gasteiger partial charge in [0.1, 0.15) is 0 Å². The molecule has 0 saturated heterocycles. The minimum absolute atomic E-state index is 1.08. The van der Waals surface area contributed by atoms with E-state index < -0.39 is 0 Å². The Morgan fingerprint density at radius 2 is 1.87 bits per heavy atom. The Hall–Kier alpha value is -0.820. The van der Waals surface area contributed by atoms with Crippen LogP contribution < -0.4 is 0 Å². The van der Waals surface area contributed by atoms with Crippen LogP contribution in [0.25, 0.3) is 0 Å². The molecule has 15 heavy (non-hydrogen) atoms. The molecule has 0 rings (SSSR count). The molecule has 1 nitrogen and oxygen atoms in total. The van der Waals surface area contributed by atoms with Crippen molar-refractivity contribution in [3.8, 4) is 0 Å². The highest BCUT2D eigenvalue weighted by atomic mass is 15.0. The van der Waals surface area contributed by atoms with Crippen molar-refractivity contribution >= 4 is 0 Å². The van der Waals surface area contributed by atoms with E-state index in [4.69, 9.17) is 0 Å². The van der Waals surface area contributed by atoms with Crippen molar-refractivity contribution in [2.45, 2.75) is 33.6 Å². The van der Waals surface area contributed by atoms with Gasteiger partial charge in [0.2, 0.25) is 0 Å². The third-order valence-electron chi connectivity index (χ3n) is 2.50. The average Bonchev–Trinajstić information content (AvgIpc) is 2.15. The summed E-state index contributed by atoms with van der Waals surface area (Å²) in [4.78, 5) is 2.23. The maximum absolute atomic E-state index is 3.78. The van der Waals surface area contributed by atoms with Crippen LogP contribution in [-0.4, -0.2) is 25.5 Å². The molecule has 86 valence electrons. The van der Waals surface area contributed by atoms with Gasteiger partial charge in [0.25, 0.3) is 0 Å². The first kappa shape index (κ1) is 14.2. The first-order valence-electron chi connectivity index (χ1n) is 5.66. The Morgan fingerprint density at radius 3 is 2.20 bits per heavy atom. The quantitative estimate of drug-likeness (QED) is 0.599. The van der Waals surface area contributed by atoms with Crippen molar-refractivity contribution in [2.75, 3.05) is 20.6 Å². The first-order chi connectivity index (χ1) is 7.02. The highest BCUT2D eigenvalue weighted by Gasteiger charge is 2.05. The lowest BCUT2D eigenvalue weighted by Crippen LogP contribution is -2.14. The molecule has 0 amide bonds. The molecule has 1 heteroatoms. The molecule has 0 spiro atoms. The predicted molar refractivity (Wildman–Crippen MR) is 70.1 cm³/mol. The molecular weight excluding hydrogens is 182 g/mol. The van der Waals surface area contributed by atoms with Gasteiger partial charge in [-0.3, -0.25) is 0 Å². The number of hydrogen-bond acceptors (Lipinski definition) is 1. The summed E-state index contributed by atoms with van der Waals surface area (Å²) in [5, 5.41) is 0. The van der Waals surface area contributed by atoms with Gasteiger partial charge in [-0.25, -0.2) is 0 Å². The summed E-state index contributed by atoms with van der Waals surface area (Å²) in [6.45, 7) is 11.5. The van der Waals surface area contributed by atoms with Crippen molar-refractivity contribution in [1.82, 2.24) is 4.90 Å². The minimum atomic E-state index is 1.08. The Bertz CT molecular complexity index is 253. The van der Waals surface area contributed by atoms with E-state index in [1.54, 1.807) is 0 Å². The van der Waals surface area contributed by atoms with Gasteiger partial charge in [-0.2, -0.15) is 0 Å². The molecule has 0 fully saturated rings. The van der Waals surface area contributed by atoms with E-state index in [-0.39, 0.29) is 0 Å². The zero-order valence-electron chi connectivity index (χ0n) is 10.9. The highest BCUT2D eigenvalue weighted by Crippen LogP contribution is 2.21. The Balaban J connectivity index is 4.75. The largest absolute Gasteiger partial charge is 0.309 e. The van der Waals surface area contributed by atoms with Crippen LogP contribution in [0.1, 0.15) is 33.6 Å². The molecule has 0 heterocycles. The van der Waals surface area contributed by atoms with Crippen LogP contribution in [0, 0.1) is 0 Å². The van der Waals surface area contributed by atoms with Gasteiger partial charge >= 0.3 is 0 Å². The molecule has 0 bridgehead atoms. The number of nitrogens with zero attached hydrogens (tertiary/aromatic N) is 1. The maximum atomic E-state index is 3.78. The Kier molecular flexibility index (Phi) is 7.06. The zero-order valence-corrected chi connectivity index (χ0v) is 10.9. The smallest absolute Gasteiger partial charge is 0.00158 e. The summed E-state index contributed by atoms with van der Waals surface area (Å²) in [6.07, 6.45) is 6.23. The fourth-order valence-electron chi connectivity index (χ4n) is 1.64. The maximum Gasteiger partial charge on any atom is 0.00158 e. The average molecular weight is 207 g/mol. The Labute approximate surface area is 95.2 Å². The number of rotatable bonds is 6. The summed E-state index contributed by atoms with van der Waals surface area (Å²) in [7, 11) is 4.23. The summed E-state index contributed by atoms with van der Waals surface area (Å²) in [6, 6.07) is 0. The first-order valence-corrected chi connectivity index (χ1v) is 5.66. The molecule has 0 aromatic heterocycles. The van der Waals surface area contributed by atoms with Crippen LogP contribution in [0.5, 0.6) is 0 Å². The van der Waals surface area contributed by atoms with Crippen molar-refractivity contribution < 1.29 is 0 Å². The van der Waals surface area contributed by atoms with E-state index in [9.17, 15) is 0 Å². The second-order valence-electron chi connectivity index (χ2n) is 4.31. The van der Waals surface area contributed by atoms with Gasteiger partial charge in [-0.05, 0) is 51.9 Å². The van der Waals surface area contributed by atoms with Gasteiger partial charge in [0.15, 0.2) is 0 Å². The summed E-state index contributed by atoms with van der Waals surface area (Å²) in [5.74, 6) is 0. The van der Waals surface area contributed by atoms with Gasteiger partial charge in [-0.1, -0.05) is 31.2 Å². The summed E-state index contributed by atoms with van der Waals surface area (Å²) in [5.41, 5.74) is 4.34. The monoisotopic (exact) mass is 207 g/mol. The minimum Gasteiger partial charge on any atom is -0.309 e. The Morgan fingerprint density at radius 1 is 1.27 bits per heavy atom. The molecular formula is C14H25N. The molecule has 0 aromatic rings. The van der Waals surface area contributed by atoms with E-state index in [1.807, 2.05) is 6.08 Å². The van der Waals surface area contributed by atoms with Crippen molar-refractivity contribution in [1.29, 1.82) is 0 Å². The second kappa shape index (κ2) is 7.47. The van der Waals surface area contributed by atoms with Crippen LogP contribution >= 0.6 is 0 Å². The van der Waals surface area contributed by atoms with E-state index in [0.29, 0.717) is 0 Å². The van der Waals surface area contributed by atoms with Gasteiger partial charge < -0.3 is 4.90 Å². The second-order valence-corrected chi connectivity index (χ2v) is 4.31. The summed E-state index contributed by atoms with van der Waals surface area (Å²) >= 11 is 0. The van der Waals surface area contributed by atoms with Crippen molar-refractivity contribution in [3.63, 3.8) is 0 Å². The number of allylic oxidation sites excluding steroid dienone is 4. The molecule has 0 aliphatic heterocycles. The lowest BCUT2D eigenvalue weighted by Gasteiger charge is -2.16. The highest BCUT2D eigenvalue weighted by molar-refractivity contribution is 5.36. The molecule has 0 aromatic carbocycles. The fourth-order valence-corrected chi connectivity index (χ4v) is 1.64. The SMILES string of the molecule is C=C/C=C(/CC)C(CCN(C)C)=C(C)C. The predicted octanol–water partition coefficient (Wildman–Crippen LogP) is 3.80. The standard InChI is InChI=1S/C14H25N/c1-7-9-13(8-2)14(12(3)4)10-11-15(5)6/h7,9H,1,8,10-11H2,2-6H3/b13-9-. The molecule has 0 unspecified atom stereocenters. The van der Waals surface area contributed by atoms with Crippen molar-refractivity contribution in [3.05, 3.63) is 35.5 Å². The lowest BCUT2D eigenvalue weighted by atomic mass is 9.96. The van der Waals surface area contributed by atoms with Gasteiger partial charge in [0.05, 0.1) is 0 Å². The van der Waals surface area contributed by atoms with E-state index >= 15 is 0 Å². The zero-order chi connectivity index (χ0) is 11.8. The molecule has 0 aliphatic rings. The van der Waals surface area contributed by atoms with Gasteiger partial charge in [-0.15, -0.1) is 0 Å². The van der Waals surface area contributed by atoms with Crippen LogP contribution in [0.2, 0.25) is 0 Å². The number of hydrogen-bond donors (Lipinski definition) is 0. The molecule has 0 N–H and O–H groups in total. The molecule has 0 saturated carbocycles. The third-order valence-corrected chi connectivity index (χ3v) is 2.50. The van der Waals surface area contributed by atoms with E-state index in [1.165, 1.54) is 16.7 Å². The topological polar surface area (TPSA) is 3.24 Å².